The van der Waals surface area contributed by atoms with Crippen molar-refractivity contribution >= 4 is 17.2 Å². The van der Waals surface area contributed by atoms with E-state index in [1.165, 1.54) is 5.56 Å². The molecule has 6 nitrogen and oxygen atoms in total. The molecule has 1 aliphatic rings. The Morgan fingerprint density at radius 1 is 1.50 bits per heavy atom. The minimum atomic E-state index is -0.362. The van der Waals surface area contributed by atoms with Gasteiger partial charge in [-0.15, -0.1) is 11.3 Å². The second-order valence-corrected chi connectivity index (χ2v) is 7.50. The van der Waals surface area contributed by atoms with Crippen LogP contribution in [0.5, 0.6) is 0 Å². The second kappa shape index (κ2) is 6.64. The van der Waals surface area contributed by atoms with Gasteiger partial charge in [-0.1, -0.05) is 6.92 Å². The number of hydrogen-bond acceptors (Lipinski definition) is 5. The first-order valence-electron chi connectivity index (χ1n) is 8.37. The number of carbonyl (C=O) groups excluding carboxylic acids is 1. The van der Waals surface area contributed by atoms with Gasteiger partial charge in [-0.3, -0.25) is 14.4 Å². The van der Waals surface area contributed by atoms with Crippen LogP contribution in [0.1, 0.15) is 42.2 Å². The quantitative estimate of drug-likeness (QED) is 0.898. The number of carbonyl (C=O) groups is 1. The molecule has 0 radical (unpaired) electrons. The standard InChI is InChI=1S/C17H25N5OS/c1-5-15-14(8-21(4)20-15)9-22-7-6-17(11-22,19-13(3)23)16-18-12(2)10-24-16/h8,10H,5-7,9,11H2,1-4H3,(H,19,23). The van der Waals surface area contributed by atoms with Gasteiger partial charge in [0, 0.05) is 56.4 Å². The third kappa shape index (κ3) is 3.37. The summed E-state index contributed by atoms with van der Waals surface area (Å²) in [5, 5.41) is 10.8. The van der Waals surface area contributed by atoms with Crippen molar-refractivity contribution in [3.8, 4) is 0 Å². The zero-order chi connectivity index (χ0) is 17.3. The molecule has 2 aromatic heterocycles. The van der Waals surface area contributed by atoms with Gasteiger partial charge in [0.25, 0.3) is 0 Å². The fourth-order valence-corrected chi connectivity index (χ4v) is 4.49. The van der Waals surface area contributed by atoms with Crippen LogP contribution >= 0.6 is 11.3 Å². The molecule has 1 unspecified atom stereocenters. The Balaban J connectivity index is 1.80. The summed E-state index contributed by atoms with van der Waals surface area (Å²) in [7, 11) is 1.96. The molecule has 0 aliphatic carbocycles. The molecular weight excluding hydrogens is 322 g/mol. The molecule has 1 saturated heterocycles. The Labute approximate surface area is 146 Å². The van der Waals surface area contributed by atoms with Crippen molar-refractivity contribution in [3.63, 3.8) is 0 Å². The van der Waals surface area contributed by atoms with Crippen LogP contribution in [-0.2, 0) is 30.3 Å². The van der Waals surface area contributed by atoms with Crippen LogP contribution in [0, 0.1) is 6.92 Å². The fraction of sp³-hybridized carbons (Fsp3) is 0.588. The van der Waals surface area contributed by atoms with Gasteiger partial charge in [-0.05, 0) is 19.8 Å². The Hall–Kier alpha value is -1.73. The lowest BCUT2D eigenvalue weighted by atomic mass is 9.99. The van der Waals surface area contributed by atoms with E-state index >= 15 is 0 Å². The van der Waals surface area contributed by atoms with E-state index in [2.05, 4.69) is 38.8 Å². The van der Waals surface area contributed by atoms with Crippen molar-refractivity contribution in [1.29, 1.82) is 0 Å². The zero-order valence-corrected chi connectivity index (χ0v) is 15.6. The number of rotatable bonds is 5. The van der Waals surface area contributed by atoms with E-state index in [-0.39, 0.29) is 11.4 Å². The Morgan fingerprint density at radius 3 is 2.92 bits per heavy atom. The van der Waals surface area contributed by atoms with E-state index in [1.54, 1.807) is 18.3 Å². The maximum Gasteiger partial charge on any atom is 0.217 e. The molecule has 0 bridgehead atoms. The molecule has 3 heterocycles. The van der Waals surface area contributed by atoms with Crippen LogP contribution in [0.3, 0.4) is 0 Å². The third-order valence-corrected chi connectivity index (χ3v) is 5.68. The number of nitrogens with one attached hydrogen (secondary N) is 1. The molecule has 2 aromatic rings. The minimum absolute atomic E-state index is 0.000304. The number of hydrogen-bond donors (Lipinski definition) is 1. The molecular formula is C17H25N5OS. The molecule has 130 valence electrons. The van der Waals surface area contributed by atoms with E-state index in [4.69, 9.17) is 0 Å². The van der Waals surface area contributed by atoms with Crippen molar-refractivity contribution in [2.75, 3.05) is 13.1 Å². The summed E-state index contributed by atoms with van der Waals surface area (Å²) in [6.45, 7) is 8.31. The van der Waals surface area contributed by atoms with Gasteiger partial charge in [-0.2, -0.15) is 5.10 Å². The lowest BCUT2D eigenvalue weighted by Crippen LogP contribution is -2.47. The van der Waals surface area contributed by atoms with Gasteiger partial charge in [0.1, 0.15) is 10.5 Å². The summed E-state index contributed by atoms with van der Waals surface area (Å²) in [6.07, 6.45) is 3.93. The van der Waals surface area contributed by atoms with E-state index in [9.17, 15) is 4.79 Å². The zero-order valence-electron chi connectivity index (χ0n) is 14.8. The van der Waals surface area contributed by atoms with E-state index in [1.807, 2.05) is 18.7 Å². The number of aryl methyl sites for hydroxylation is 3. The van der Waals surface area contributed by atoms with Gasteiger partial charge in [-0.25, -0.2) is 4.98 Å². The van der Waals surface area contributed by atoms with Crippen molar-refractivity contribution in [3.05, 3.63) is 33.5 Å². The first kappa shape index (κ1) is 17.1. The molecule has 1 N–H and O–H groups in total. The lowest BCUT2D eigenvalue weighted by Gasteiger charge is -2.28. The maximum absolute atomic E-state index is 11.8. The highest BCUT2D eigenvalue weighted by Gasteiger charge is 2.42. The van der Waals surface area contributed by atoms with Crippen LogP contribution in [0.15, 0.2) is 11.6 Å². The topological polar surface area (TPSA) is 63.1 Å². The number of likely N-dealkylation sites (tertiary alicyclic amines) is 1. The first-order valence-corrected chi connectivity index (χ1v) is 9.25. The van der Waals surface area contributed by atoms with E-state index in [0.717, 1.165) is 48.9 Å². The summed E-state index contributed by atoms with van der Waals surface area (Å²) >= 11 is 1.64. The Morgan fingerprint density at radius 2 is 2.29 bits per heavy atom. The monoisotopic (exact) mass is 347 g/mol. The average Bonchev–Trinajstić information content (AvgIpc) is 3.19. The molecule has 1 atom stereocenters. The molecule has 1 aliphatic heterocycles. The van der Waals surface area contributed by atoms with Crippen LogP contribution in [0.25, 0.3) is 0 Å². The largest absolute Gasteiger partial charge is 0.343 e. The predicted molar refractivity (Wildman–Crippen MR) is 94.8 cm³/mol. The third-order valence-electron chi connectivity index (χ3n) is 4.51. The smallest absolute Gasteiger partial charge is 0.217 e. The van der Waals surface area contributed by atoms with E-state index < -0.39 is 0 Å². The highest BCUT2D eigenvalue weighted by molar-refractivity contribution is 7.09. The highest BCUT2D eigenvalue weighted by atomic mass is 32.1. The Kier molecular flexibility index (Phi) is 4.73. The minimum Gasteiger partial charge on any atom is -0.343 e. The summed E-state index contributed by atoms with van der Waals surface area (Å²) in [4.78, 5) is 18.8. The lowest BCUT2D eigenvalue weighted by molar-refractivity contribution is -0.120. The molecule has 3 rings (SSSR count). The Bertz CT molecular complexity index is 737. The summed E-state index contributed by atoms with van der Waals surface area (Å²) in [6, 6.07) is 0. The molecule has 7 heteroatoms. The number of nitrogens with zero attached hydrogens (tertiary/aromatic N) is 4. The molecule has 0 saturated carbocycles. The van der Waals surface area contributed by atoms with Crippen LogP contribution in [0.2, 0.25) is 0 Å². The van der Waals surface area contributed by atoms with Gasteiger partial charge >= 0.3 is 0 Å². The van der Waals surface area contributed by atoms with Crippen molar-refractivity contribution in [2.45, 2.75) is 45.7 Å². The molecule has 24 heavy (non-hydrogen) atoms. The molecule has 1 fully saturated rings. The maximum atomic E-state index is 11.8. The fourth-order valence-electron chi connectivity index (χ4n) is 3.52. The number of thiazole rings is 1. The molecule has 0 spiro atoms. The second-order valence-electron chi connectivity index (χ2n) is 6.65. The van der Waals surface area contributed by atoms with Gasteiger partial charge in [0.05, 0.1) is 5.69 Å². The van der Waals surface area contributed by atoms with Crippen LogP contribution in [0.4, 0.5) is 0 Å². The molecule has 1 amide bonds. The number of amides is 1. The molecule has 0 aromatic carbocycles. The van der Waals surface area contributed by atoms with Gasteiger partial charge in [0.15, 0.2) is 0 Å². The van der Waals surface area contributed by atoms with E-state index in [0.29, 0.717) is 0 Å². The van der Waals surface area contributed by atoms with Crippen molar-refractivity contribution in [1.82, 2.24) is 25.0 Å². The normalized spacial score (nSPS) is 21.3. The van der Waals surface area contributed by atoms with Crippen molar-refractivity contribution in [2.24, 2.45) is 7.05 Å². The SMILES string of the molecule is CCc1nn(C)cc1CN1CCC(NC(C)=O)(c2nc(C)cs2)C1. The average molecular weight is 347 g/mol. The first-order chi connectivity index (χ1) is 11.4. The van der Waals surface area contributed by atoms with Gasteiger partial charge < -0.3 is 5.32 Å². The number of aromatic nitrogens is 3. The summed E-state index contributed by atoms with van der Waals surface area (Å²) in [5.74, 6) is 0.000304. The van der Waals surface area contributed by atoms with Gasteiger partial charge in [0.2, 0.25) is 5.91 Å². The predicted octanol–water partition coefficient (Wildman–Crippen LogP) is 1.98. The van der Waals surface area contributed by atoms with Crippen LogP contribution < -0.4 is 5.32 Å². The summed E-state index contributed by atoms with van der Waals surface area (Å²) < 4.78 is 1.88. The van der Waals surface area contributed by atoms with Crippen LogP contribution in [-0.4, -0.2) is 38.7 Å². The summed E-state index contributed by atoms with van der Waals surface area (Å²) in [5.41, 5.74) is 3.08. The van der Waals surface area contributed by atoms with Crippen molar-refractivity contribution < 1.29 is 4.79 Å². The highest BCUT2D eigenvalue weighted by Crippen LogP contribution is 2.35.